The molecule has 0 radical (unpaired) electrons. The highest BCUT2D eigenvalue weighted by molar-refractivity contribution is 5.60. The maximum absolute atomic E-state index is 5.51. The normalized spacial score (nSPS) is 17.5. The number of rotatable bonds is 1. The Hall–Kier alpha value is -1.42. The third-order valence-corrected chi connectivity index (χ3v) is 3.18. The van der Waals surface area contributed by atoms with E-state index in [1.807, 2.05) is 12.1 Å². The molecule has 1 nitrogen and oxygen atoms in total. The van der Waals surface area contributed by atoms with Crippen LogP contribution >= 0.6 is 0 Å². The van der Waals surface area contributed by atoms with Crippen LogP contribution < -0.4 is 4.90 Å². The molecule has 0 saturated carbocycles. The van der Waals surface area contributed by atoms with Crippen LogP contribution in [0.2, 0.25) is 0 Å². The lowest BCUT2D eigenvalue weighted by atomic mass is 9.98. The molecule has 1 aromatic rings. The summed E-state index contributed by atoms with van der Waals surface area (Å²) >= 11 is 0. The van der Waals surface area contributed by atoms with Gasteiger partial charge in [-0.25, -0.2) is 0 Å². The Kier molecular flexibility index (Phi) is 2.97. The summed E-state index contributed by atoms with van der Waals surface area (Å²) in [7, 11) is 0. The lowest BCUT2D eigenvalue weighted by Crippen LogP contribution is -2.33. The van der Waals surface area contributed by atoms with E-state index in [4.69, 9.17) is 6.42 Å². The highest BCUT2D eigenvalue weighted by Crippen LogP contribution is 2.25. The molecule has 2 rings (SSSR count). The molecule has 0 spiro atoms. The van der Waals surface area contributed by atoms with E-state index in [-0.39, 0.29) is 0 Å². The number of hydrogen-bond donors (Lipinski definition) is 0. The summed E-state index contributed by atoms with van der Waals surface area (Å²) in [5.41, 5.74) is 2.25. The average molecular weight is 199 g/mol. The first-order chi connectivity index (χ1) is 7.31. The number of piperidine rings is 1. The molecule has 1 aliphatic heterocycles. The third kappa shape index (κ3) is 2.15. The van der Waals surface area contributed by atoms with E-state index in [0.717, 1.165) is 24.6 Å². The van der Waals surface area contributed by atoms with E-state index >= 15 is 0 Å². The van der Waals surface area contributed by atoms with Gasteiger partial charge in [0, 0.05) is 18.7 Å². The average Bonchev–Trinajstić information content (AvgIpc) is 2.30. The minimum Gasteiger partial charge on any atom is -0.371 e. The SMILES string of the molecule is C#Cc1ccccc1N1CCC(C)CC1. The van der Waals surface area contributed by atoms with Gasteiger partial charge in [0.15, 0.2) is 0 Å². The summed E-state index contributed by atoms with van der Waals surface area (Å²) in [5, 5.41) is 0. The highest BCUT2D eigenvalue weighted by Gasteiger charge is 2.17. The Morgan fingerprint density at radius 1 is 1.27 bits per heavy atom. The minimum absolute atomic E-state index is 0.860. The van der Waals surface area contributed by atoms with Crippen LogP contribution in [-0.2, 0) is 0 Å². The predicted molar refractivity (Wildman–Crippen MR) is 65.0 cm³/mol. The van der Waals surface area contributed by atoms with Crippen LogP contribution in [0.4, 0.5) is 5.69 Å². The fourth-order valence-electron chi connectivity index (χ4n) is 2.12. The Balaban J connectivity index is 2.19. The molecule has 1 fully saturated rings. The summed E-state index contributed by atoms with van der Waals surface area (Å²) in [4.78, 5) is 2.41. The predicted octanol–water partition coefficient (Wildman–Crippen LogP) is 2.90. The monoisotopic (exact) mass is 199 g/mol. The van der Waals surface area contributed by atoms with E-state index in [9.17, 15) is 0 Å². The molecule has 78 valence electrons. The lowest BCUT2D eigenvalue weighted by Gasteiger charge is -2.32. The van der Waals surface area contributed by atoms with Gasteiger partial charge in [-0.15, -0.1) is 6.42 Å². The largest absolute Gasteiger partial charge is 0.371 e. The summed E-state index contributed by atoms with van der Waals surface area (Å²) < 4.78 is 0. The Labute approximate surface area is 92.1 Å². The van der Waals surface area contributed by atoms with E-state index in [1.54, 1.807) is 0 Å². The zero-order chi connectivity index (χ0) is 10.7. The Bertz CT molecular complexity index is 367. The van der Waals surface area contributed by atoms with Crippen molar-refractivity contribution < 1.29 is 0 Å². The maximum atomic E-state index is 5.51. The van der Waals surface area contributed by atoms with Crippen molar-refractivity contribution >= 4 is 5.69 Å². The molecule has 0 aliphatic carbocycles. The Morgan fingerprint density at radius 3 is 2.60 bits per heavy atom. The fraction of sp³-hybridized carbons (Fsp3) is 0.429. The molecule has 1 heteroatoms. The fourth-order valence-corrected chi connectivity index (χ4v) is 2.12. The summed E-state index contributed by atoms with van der Waals surface area (Å²) in [6, 6.07) is 8.22. The quantitative estimate of drug-likeness (QED) is 0.629. The van der Waals surface area contributed by atoms with Gasteiger partial charge >= 0.3 is 0 Å². The summed E-state index contributed by atoms with van der Waals surface area (Å²) in [5.74, 6) is 3.62. The molecular formula is C14H17N. The number of nitrogens with zero attached hydrogens (tertiary/aromatic N) is 1. The number of benzene rings is 1. The van der Waals surface area contributed by atoms with Crippen molar-refractivity contribution in [2.45, 2.75) is 19.8 Å². The van der Waals surface area contributed by atoms with E-state index in [1.165, 1.54) is 18.5 Å². The van der Waals surface area contributed by atoms with Crippen molar-refractivity contribution in [2.24, 2.45) is 5.92 Å². The standard InChI is InChI=1S/C14H17N/c1-3-13-6-4-5-7-14(13)15-10-8-12(2)9-11-15/h1,4-7,12H,8-11H2,2H3. The van der Waals surface area contributed by atoms with Gasteiger partial charge in [0.05, 0.1) is 5.69 Å². The number of para-hydroxylation sites is 1. The zero-order valence-electron chi connectivity index (χ0n) is 9.24. The highest BCUT2D eigenvalue weighted by atomic mass is 15.1. The van der Waals surface area contributed by atoms with Gasteiger partial charge in [-0.2, -0.15) is 0 Å². The van der Waals surface area contributed by atoms with E-state index in [0.29, 0.717) is 0 Å². The van der Waals surface area contributed by atoms with Crippen LogP contribution in [0.1, 0.15) is 25.3 Å². The maximum Gasteiger partial charge on any atom is 0.0525 e. The van der Waals surface area contributed by atoms with Crippen molar-refractivity contribution in [3.8, 4) is 12.3 Å². The molecule has 0 amide bonds. The third-order valence-electron chi connectivity index (χ3n) is 3.18. The smallest absolute Gasteiger partial charge is 0.0525 e. The topological polar surface area (TPSA) is 3.24 Å². The molecule has 1 aliphatic rings. The van der Waals surface area contributed by atoms with Crippen LogP contribution in [0.25, 0.3) is 0 Å². The summed E-state index contributed by atoms with van der Waals surface area (Å²) in [6.07, 6.45) is 8.06. The summed E-state index contributed by atoms with van der Waals surface area (Å²) in [6.45, 7) is 4.60. The molecule has 15 heavy (non-hydrogen) atoms. The molecule has 1 heterocycles. The minimum atomic E-state index is 0.860. The van der Waals surface area contributed by atoms with Crippen molar-refractivity contribution in [3.63, 3.8) is 0 Å². The van der Waals surface area contributed by atoms with E-state index < -0.39 is 0 Å². The van der Waals surface area contributed by atoms with Gasteiger partial charge in [-0.1, -0.05) is 25.0 Å². The first kappa shape index (κ1) is 10.1. The number of terminal acetylenes is 1. The first-order valence-electron chi connectivity index (χ1n) is 5.62. The van der Waals surface area contributed by atoms with Gasteiger partial charge in [0.2, 0.25) is 0 Å². The van der Waals surface area contributed by atoms with Gasteiger partial charge in [-0.3, -0.25) is 0 Å². The second-order valence-corrected chi connectivity index (χ2v) is 4.33. The van der Waals surface area contributed by atoms with Crippen molar-refractivity contribution in [3.05, 3.63) is 29.8 Å². The second-order valence-electron chi connectivity index (χ2n) is 4.33. The molecule has 0 atom stereocenters. The Morgan fingerprint density at radius 2 is 1.93 bits per heavy atom. The van der Waals surface area contributed by atoms with Crippen molar-refractivity contribution in [2.75, 3.05) is 18.0 Å². The van der Waals surface area contributed by atoms with Gasteiger partial charge in [0.1, 0.15) is 0 Å². The second kappa shape index (κ2) is 4.40. The molecule has 0 bridgehead atoms. The molecule has 0 aromatic heterocycles. The van der Waals surface area contributed by atoms with Crippen LogP contribution in [-0.4, -0.2) is 13.1 Å². The first-order valence-corrected chi connectivity index (χ1v) is 5.62. The van der Waals surface area contributed by atoms with Gasteiger partial charge in [0.25, 0.3) is 0 Å². The lowest BCUT2D eigenvalue weighted by molar-refractivity contribution is 0.438. The van der Waals surface area contributed by atoms with E-state index in [2.05, 4.69) is 29.9 Å². The number of anilines is 1. The van der Waals surface area contributed by atoms with Gasteiger partial charge in [-0.05, 0) is 30.9 Å². The molecule has 1 aromatic carbocycles. The van der Waals surface area contributed by atoms with Crippen LogP contribution in [0, 0.1) is 18.3 Å². The van der Waals surface area contributed by atoms with Crippen molar-refractivity contribution in [1.29, 1.82) is 0 Å². The zero-order valence-corrected chi connectivity index (χ0v) is 9.24. The van der Waals surface area contributed by atoms with Crippen LogP contribution in [0.5, 0.6) is 0 Å². The number of hydrogen-bond acceptors (Lipinski definition) is 1. The molecule has 1 saturated heterocycles. The molecular weight excluding hydrogens is 182 g/mol. The van der Waals surface area contributed by atoms with Gasteiger partial charge < -0.3 is 4.90 Å². The van der Waals surface area contributed by atoms with Crippen molar-refractivity contribution in [1.82, 2.24) is 0 Å². The van der Waals surface area contributed by atoms with Crippen LogP contribution in [0.15, 0.2) is 24.3 Å². The van der Waals surface area contributed by atoms with Crippen LogP contribution in [0.3, 0.4) is 0 Å². The molecule has 0 unspecified atom stereocenters. The molecule has 0 N–H and O–H groups in total.